The molecule has 0 spiro atoms. The molecule has 1 aromatic carbocycles. The predicted molar refractivity (Wildman–Crippen MR) is 130 cm³/mol. The largest absolute Gasteiger partial charge is 0.497 e. The Morgan fingerprint density at radius 3 is 2.50 bits per heavy atom. The third-order valence-corrected chi connectivity index (χ3v) is 5.73. The molecule has 4 rings (SSSR count). The molecule has 1 aliphatic rings. The summed E-state index contributed by atoms with van der Waals surface area (Å²) in [6, 6.07) is 7.61. The number of aromatic nitrogens is 4. The molecule has 0 saturated carbocycles. The van der Waals surface area contributed by atoms with Crippen LogP contribution in [0.1, 0.15) is 35.6 Å². The molecule has 10 nitrogen and oxygen atoms in total. The Balaban J connectivity index is 1.33. The van der Waals surface area contributed by atoms with E-state index in [1.54, 1.807) is 20.4 Å². The first-order valence-corrected chi connectivity index (χ1v) is 11.2. The number of H-pyrrole nitrogens is 1. The van der Waals surface area contributed by atoms with E-state index in [2.05, 4.69) is 49.5 Å². The van der Waals surface area contributed by atoms with Crippen molar-refractivity contribution in [2.75, 3.05) is 44.1 Å². The van der Waals surface area contributed by atoms with Crippen LogP contribution in [0.2, 0.25) is 0 Å². The minimum atomic E-state index is -0.352. The number of hydrogen-bond acceptors (Lipinski definition) is 8. The highest BCUT2D eigenvalue weighted by Crippen LogP contribution is 2.23. The van der Waals surface area contributed by atoms with Crippen LogP contribution in [-0.2, 0) is 12.8 Å². The normalized spacial score (nSPS) is 15.1. The number of carbonyl (C=O) groups is 1. The fraction of sp³-hybridized carbons (Fsp3) is 0.417. The lowest BCUT2D eigenvalue weighted by molar-refractivity contribution is 0.102. The average molecular weight is 466 g/mol. The molecule has 3 heterocycles. The second-order valence-corrected chi connectivity index (χ2v) is 8.95. The van der Waals surface area contributed by atoms with Gasteiger partial charge in [-0.05, 0) is 44.4 Å². The number of benzene rings is 1. The molecule has 1 saturated heterocycles. The summed E-state index contributed by atoms with van der Waals surface area (Å²) in [6.45, 7) is 6.86. The lowest BCUT2D eigenvalue weighted by atomic mass is 10.0. The first-order chi connectivity index (χ1) is 16.3. The van der Waals surface area contributed by atoms with Crippen LogP contribution in [0.5, 0.6) is 11.5 Å². The van der Waals surface area contributed by atoms with Crippen molar-refractivity contribution in [2.45, 2.75) is 32.2 Å². The average Bonchev–Trinajstić information content (AvgIpc) is 3.29. The Bertz CT molecular complexity index is 1110. The predicted octanol–water partition coefficient (Wildman–Crippen LogP) is 2.44. The molecule has 2 aromatic heterocycles. The maximum atomic E-state index is 12.6. The zero-order chi connectivity index (χ0) is 24.1. The van der Waals surface area contributed by atoms with Crippen molar-refractivity contribution in [3.8, 4) is 11.5 Å². The molecule has 0 bridgehead atoms. The molecule has 34 heavy (non-hydrogen) atoms. The van der Waals surface area contributed by atoms with Gasteiger partial charge in [0.1, 0.15) is 23.0 Å². The van der Waals surface area contributed by atoms with Gasteiger partial charge >= 0.3 is 0 Å². The number of aromatic amines is 1. The maximum Gasteiger partial charge on any atom is 0.277 e. The van der Waals surface area contributed by atoms with Crippen LogP contribution in [0, 0.1) is 0 Å². The zero-order valence-electron chi connectivity index (χ0n) is 20.0. The molecule has 1 amide bonds. The number of carbonyl (C=O) groups excluding carboxylic acids is 1. The van der Waals surface area contributed by atoms with Crippen LogP contribution in [0.15, 0.2) is 36.7 Å². The van der Waals surface area contributed by atoms with Crippen molar-refractivity contribution < 1.29 is 14.3 Å². The number of aryl methyl sites for hydroxylation is 2. The van der Waals surface area contributed by atoms with Crippen molar-refractivity contribution >= 4 is 17.5 Å². The van der Waals surface area contributed by atoms with E-state index < -0.39 is 0 Å². The molecule has 0 radical (unpaired) electrons. The van der Waals surface area contributed by atoms with Crippen molar-refractivity contribution in [1.29, 1.82) is 0 Å². The smallest absolute Gasteiger partial charge is 0.277 e. The quantitative estimate of drug-likeness (QED) is 0.464. The number of nitrogens with one attached hydrogen (secondary N) is 3. The molecule has 0 aliphatic carbocycles. The van der Waals surface area contributed by atoms with Crippen LogP contribution >= 0.6 is 0 Å². The van der Waals surface area contributed by atoms with Gasteiger partial charge in [0, 0.05) is 43.0 Å². The number of hydrogen-bond donors (Lipinski definition) is 3. The zero-order valence-corrected chi connectivity index (χ0v) is 20.0. The van der Waals surface area contributed by atoms with Gasteiger partial charge in [-0.15, -0.1) is 0 Å². The van der Waals surface area contributed by atoms with Crippen LogP contribution < -0.4 is 25.0 Å². The third-order valence-electron chi connectivity index (χ3n) is 5.73. The van der Waals surface area contributed by atoms with Gasteiger partial charge in [-0.2, -0.15) is 5.10 Å². The van der Waals surface area contributed by atoms with E-state index in [9.17, 15) is 4.79 Å². The van der Waals surface area contributed by atoms with E-state index in [0.717, 1.165) is 54.6 Å². The lowest BCUT2D eigenvalue weighted by Crippen LogP contribution is -2.57. The van der Waals surface area contributed by atoms with Gasteiger partial charge < -0.3 is 25.0 Å². The number of ether oxygens (including phenoxy) is 2. The standard InChI is InChI=1S/C24H31N7O3/c1-24(2)15-31(8-7-27-24)22-14-25-20(13-26-22)23(32)28-21-11-17(29-30-21)6-5-16-9-18(33-3)12-19(10-16)34-4/h9-14,27H,5-8,15H2,1-4H3,(H2,28,29,30,32). The highest BCUT2D eigenvalue weighted by atomic mass is 16.5. The summed E-state index contributed by atoms with van der Waals surface area (Å²) in [4.78, 5) is 23.6. The molecule has 1 aliphatic heterocycles. The Hall–Kier alpha value is -3.66. The van der Waals surface area contributed by atoms with Crippen LogP contribution in [0.4, 0.5) is 11.6 Å². The Morgan fingerprint density at radius 2 is 1.85 bits per heavy atom. The fourth-order valence-electron chi connectivity index (χ4n) is 3.96. The van der Waals surface area contributed by atoms with E-state index >= 15 is 0 Å². The Kier molecular flexibility index (Phi) is 6.97. The summed E-state index contributed by atoms with van der Waals surface area (Å²) < 4.78 is 10.7. The molecule has 180 valence electrons. The van der Waals surface area contributed by atoms with Crippen molar-refractivity contribution in [2.24, 2.45) is 0 Å². The molecule has 0 atom stereocenters. The minimum absolute atomic E-state index is 0.00623. The molecule has 10 heteroatoms. The summed E-state index contributed by atoms with van der Waals surface area (Å²) in [5, 5.41) is 13.4. The molecule has 1 fully saturated rings. The van der Waals surface area contributed by atoms with Gasteiger partial charge in [-0.1, -0.05) is 0 Å². The van der Waals surface area contributed by atoms with E-state index in [-0.39, 0.29) is 17.1 Å². The van der Waals surface area contributed by atoms with E-state index in [0.29, 0.717) is 12.2 Å². The SMILES string of the molecule is COc1cc(CCc2cc(NC(=O)c3cnc(N4CCNC(C)(C)C4)cn3)n[nH]2)cc(OC)c1. The molecule has 3 N–H and O–H groups in total. The number of methoxy groups -OCH3 is 2. The van der Waals surface area contributed by atoms with E-state index in [4.69, 9.17) is 9.47 Å². The second kappa shape index (κ2) is 10.1. The van der Waals surface area contributed by atoms with Gasteiger partial charge in [-0.25, -0.2) is 9.97 Å². The van der Waals surface area contributed by atoms with Crippen LogP contribution in [0.3, 0.4) is 0 Å². The van der Waals surface area contributed by atoms with Gasteiger partial charge in [0.15, 0.2) is 5.82 Å². The van der Waals surface area contributed by atoms with E-state index in [1.807, 2.05) is 24.3 Å². The van der Waals surface area contributed by atoms with Crippen molar-refractivity contribution in [3.05, 3.63) is 53.6 Å². The second-order valence-electron chi connectivity index (χ2n) is 8.95. The van der Waals surface area contributed by atoms with Gasteiger partial charge in [0.05, 0.1) is 26.6 Å². The van der Waals surface area contributed by atoms with Crippen molar-refractivity contribution in [1.82, 2.24) is 25.5 Å². The first-order valence-electron chi connectivity index (χ1n) is 11.2. The summed E-state index contributed by atoms with van der Waals surface area (Å²) in [7, 11) is 3.26. The summed E-state index contributed by atoms with van der Waals surface area (Å²) in [5.41, 5.74) is 2.23. The summed E-state index contributed by atoms with van der Waals surface area (Å²) >= 11 is 0. The number of piperazine rings is 1. The number of anilines is 2. The maximum absolute atomic E-state index is 12.6. The third kappa shape index (κ3) is 5.82. The van der Waals surface area contributed by atoms with E-state index in [1.165, 1.54) is 6.20 Å². The minimum Gasteiger partial charge on any atom is -0.497 e. The molecule has 0 unspecified atom stereocenters. The van der Waals surface area contributed by atoms with Gasteiger partial charge in [0.2, 0.25) is 0 Å². The highest BCUT2D eigenvalue weighted by molar-refractivity contribution is 6.02. The van der Waals surface area contributed by atoms with Crippen LogP contribution in [-0.4, -0.2) is 65.5 Å². The van der Waals surface area contributed by atoms with Gasteiger partial charge in [-0.3, -0.25) is 9.89 Å². The summed E-state index contributed by atoms with van der Waals surface area (Å²) in [6.07, 6.45) is 4.63. The number of nitrogens with zero attached hydrogens (tertiary/aromatic N) is 4. The van der Waals surface area contributed by atoms with Gasteiger partial charge in [0.25, 0.3) is 5.91 Å². The first kappa shape index (κ1) is 23.5. The lowest BCUT2D eigenvalue weighted by Gasteiger charge is -2.39. The topological polar surface area (TPSA) is 117 Å². The molecular weight excluding hydrogens is 434 g/mol. The Labute approximate surface area is 199 Å². The monoisotopic (exact) mass is 465 g/mol. The summed E-state index contributed by atoms with van der Waals surface area (Å²) in [5.74, 6) is 2.36. The number of rotatable bonds is 8. The number of amides is 1. The van der Waals surface area contributed by atoms with Crippen LogP contribution in [0.25, 0.3) is 0 Å². The molecule has 3 aromatic rings. The van der Waals surface area contributed by atoms with Crippen molar-refractivity contribution in [3.63, 3.8) is 0 Å². The highest BCUT2D eigenvalue weighted by Gasteiger charge is 2.26. The fourth-order valence-corrected chi connectivity index (χ4v) is 3.96. The Morgan fingerprint density at radius 1 is 1.09 bits per heavy atom. The molecular formula is C24H31N7O3.